The zero-order chi connectivity index (χ0) is 33.7. The first-order chi connectivity index (χ1) is 23.4. The highest BCUT2D eigenvalue weighted by Gasteiger charge is 2.11. The number of rotatable bonds is 15. The summed E-state index contributed by atoms with van der Waals surface area (Å²) in [6.07, 6.45) is 5.46. The van der Waals surface area contributed by atoms with Crippen molar-refractivity contribution >= 4 is 40.8 Å². The molecule has 0 bridgehead atoms. The highest BCUT2D eigenvalue weighted by molar-refractivity contribution is 5.94. The number of nitrogens with zero attached hydrogens (tertiary/aromatic N) is 3. The Kier molecular flexibility index (Phi) is 11.2. The second kappa shape index (κ2) is 16.3. The summed E-state index contributed by atoms with van der Waals surface area (Å²) in [5.41, 5.74) is 5.51. The Morgan fingerprint density at radius 3 is 1.69 bits per heavy atom. The number of phenols is 1. The number of allylic oxidation sites excluding steroid dienone is 2. The maximum atomic E-state index is 13.2. The molecule has 5 aromatic rings. The van der Waals surface area contributed by atoms with Crippen LogP contribution in [0.4, 0.5) is 39.3 Å². The van der Waals surface area contributed by atoms with Crippen LogP contribution in [0.15, 0.2) is 134 Å². The zero-order valence-electron chi connectivity index (χ0n) is 26.1. The van der Waals surface area contributed by atoms with Crippen LogP contribution in [0.2, 0.25) is 0 Å². The van der Waals surface area contributed by atoms with Crippen molar-refractivity contribution in [2.24, 2.45) is 0 Å². The Labute approximate surface area is 278 Å². The van der Waals surface area contributed by atoms with E-state index in [0.29, 0.717) is 36.0 Å². The molecule has 242 valence electrons. The lowest BCUT2D eigenvalue weighted by atomic mass is 10.1. The molecular weight excluding hydrogens is 607 g/mol. The molecule has 10 nitrogen and oxygen atoms in total. The van der Waals surface area contributed by atoms with Crippen molar-refractivity contribution in [1.29, 1.82) is 0 Å². The summed E-state index contributed by atoms with van der Waals surface area (Å²) in [6, 6.07) is 27.2. The summed E-state index contributed by atoms with van der Waals surface area (Å²) in [6.45, 7) is 9.19. The number of benzene rings is 4. The molecule has 0 fully saturated rings. The van der Waals surface area contributed by atoms with E-state index in [2.05, 4.69) is 54.7 Å². The van der Waals surface area contributed by atoms with Crippen molar-refractivity contribution in [3.05, 3.63) is 157 Å². The van der Waals surface area contributed by atoms with Gasteiger partial charge < -0.3 is 31.7 Å². The molecule has 0 aliphatic rings. The van der Waals surface area contributed by atoms with E-state index in [4.69, 9.17) is 0 Å². The molecule has 11 heteroatoms. The van der Waals surface area contributed by atoms with Crippen molar-refractivity contribution < 1.29 is 14.3 Å². The third-order valence-corrected chi connectivity index (χ3v) is 6.99. The van der Waals surface area contributed by atoms with E-state index in [0.717, 1.165) is 22.4 Å². The minimum absolute atomic E-state index is 0.140. The van der Waals surface area contributed by atoms with Crippen LogP contribution >= 0.6 is 0 Å². The number of aromatic nitrogens is 3. The molecule has 0 spiro atoms. The van der Waals surface area contributed by atoms with Gasteiger partial charge in [0.15, 0.2) is 0 Å². The van der Waals surface area contributed by atoms with Gasteiger partial charge in [-0.15, -0.1) is 0 Å². The molecule has 6 N–H and O–H groups in total. The molecule has 4 aromatic carbocycles. The standard InChI is InChI=1S/C37H35FN8O2/c1-3-5-25(4-2)22-39-23-26-8-14-30(15-9-26)41-35-44-36(46-37(45-35)43-32-18-20-33(47)21-19-32)42-31-16-10-28(11-17-31)34(48)40-24-27-6-12-29(38)13-7-27/h3-21,39,47H,1-2,22-24H2,(H,40,48)(H3,41,42,43,44,45,46)/b25-5+. The van der Waals surface area contributed by atoms with E-state index in [1.807, 2.05) is 30.3 Å². The van der Waals surface area contributed by atoms with Gasteiger partial charge in [0, 0.05) is 42.3 Å². The lowest BCUT2D eigenvalue weighted by Crippen LogP contribution is -2.22. The molecule has 0 radical (unpaired) electrons. The van der Waals surface area contributed by atoms with Crippen molar-refractivity contribution in [2.45, 2.75) is 13.1 Å². The van der Waals surface area contributed by atoms with Gasteiger partial charge in [-0.1, -0.05) is 55.7 Å². The summed E-state index contributed by atoms with van der Waals surface area (Å²) >= 11 is 0. The summed E-state index contributed by atoms with van der Waals surface area (Å²) < 4.78 is 13.2. The molecule has 0 unspecified atom stereocenters. The summed E-state index contributed by atoms with van der Waals surface area (Å²) in [4.78, 5) is 26.3. The lowest BCUT2D eigenvalue weighted by Gasteiger charge is -2.12. The first-order valence-electron chi connectivity index (χ1n) is 15.1. The van der Waals surface area contributed by atoms with Gasteiger partial charge in [-0.05, 0) is 89.5 Å². The number of carbonyl (C=O) groups is 1. The van der Waals surface area contributed by atoms with Crippen LogP contribution in [0.25, 0.3) is 0 Å². The molecule has 48 heavy (non-hydrogen) atoms. The average molecular weight is 643 g/mol. The van der Waals surface area contributed by atoms with Crippen LogP contribution in [0.3, 0.4) is 0 Å². The molecule has 0 saturated carbocycles. The normalized spacial score (nSPS) is 11.0. The molecule has 0 saturated heterocycles. The highest BCUT2D eigenvalue weighted by atomic mass is 19.1. The smallest absolute Gasteiger partial charge is 0.251 e. The summed E-state index contributed by atoms with van der Waals surface area (Å²) in [7, 11) is 0. The number of aromatic hydroxyl groups is 1. The third-order valence-electron chi connectivity index (χ3n) is 6.99. The maximum absolute atomic E-state index is 13.2. The first kappa shape index (κ1) is 33.0. The van der Waals surface area contributed by atoms with Gasteiger partial charge in [0.05, 0.1) is 0 Å². The van der Waals surface area contributed by atoms with E-state index in [1.165, 1.54) is 12.1 Å². The van der Waals surface area contributed by atoms with E-state index in [9.17, 15) is 14.3 Å². The van der Waals surface area contributed by atoms with Crippen LogP contribution in [-0.2, 0) is 13.1 Å². The fourth-order valence-corrected chi connectivity index (χ4v) is 4.47. The zero-order valence-corrected chi connectivity index (χ0v) is 26.1. The fraction of sp³-hybridized carbons (Fsp3) is 0.0811. The Balaban J connectivity index is 1.27. The average Bonchev–Trinajstić information content (AvgIpc) is 3.09. The Hall–Kier alpha value is -6.33. The van der Waals surface area contributed by atoms with Crippen molar-refractivity contribution in [1.82, 2.24) is 25.6 Å². The van der Waals surface area contributed by atoms with Gasteiger partial charge >= 0.3 is 0 Å². The van der Waals surface area contributed by atoms with E-state index in [1.54, 1.807) is 72.8 Å². The van der Waals surface area contributed by atoms with Crippen LogP contribution in [0.5, 0.6) is 5.75 Å². The number of hydrogen-bond acceptors (Lipinski definition) is 9. The minimum Gasteiger partial charge on any atom is -0.508 e. The second-order valence-electron chi connectivity index (χ2n) is 10.6. The molecule has 1 heterocycles. The van der Waals surface area contributed by atoms with Crippen molar-refractivity contribution in [3.8, 4) is 5.75 Å². The largest absolute Gasteiger partial charge is 0.508 e. The number of phenolic OH excluding ortho intramolecular Hbond substituents is 1. The number of halogens is 1. The molecule has 5 rings (SSSR count). The number of hydrogen-bond donors (Lipinski definition) is 6. The number of amides is 1. The van der Waals surface area contributed by atoms with Gasteiger partial charge in [-0.2, -0.15) is 15.0 Å². The quantitative estimate of drug-likeness (QED) is 0.0515. The van der Waals surface area contributed by atoms with E-state index >= 15 is 0 Å². The van der Waals surface area contributed by atoms with Gasteiger partial charge in [-0.3, -0.25) is 4.79 Å². The van der Waals surface area contributed by atoms with Gasteiger partial charge in [0.25, 0.3) is 5.91 Å². The number of carbonyl (C=O) groups excluding carboxylic acids is 1. The highest BCUT2D eigenvalue weighted by Crippen LogP contribution is 2.23. The minimum atomic E-state index is -0.327. The monoisotopic (exact) mass is 642 g/mol. The molecule has 0 atom stereocenters. The van der Waals surface area contributed by atoms with Crippen LogP contribution in [-0.4, -0.2) is 32.5 Å². The third kappa shape index (κ3) is 9.83. The van der Waals surface area contributed by atoms with Gasteiger partial charge in [0.1, 0.15) is 11.6 Å². The molecular formula is C37H35FN8O2. The second-order valence-corrected chi connectivity index (χ2v) is 10.6. The van der Waals surface area contributed by atoms with E-state index in [-0.39, 0.29) is 35.9 Å². The Morgan fingerprint density at radius 1 is 0.688 bits per heavy atom. The predicted octanol–water partition coefficient (Wildman–Crippen LogP) is 7.27. The topological polar surface area (TPSA) is 136 Å². The van der Waals surface area contributed by atoms with Crippen LogP contribution in [0, 0.1) is 5.82 Å². The van der Waals surface area contributed by atoms with Crippen LogP contribution < -0.4 is 26.6 Å². The predicted molar refractivity (Wildman–Crippen MR) is 188 cm³/mol. The molecule has 1 aromatic heterocycles. The Morgan fingerprint density at radius 2 is 1.17 bits per heavy atom. The van der Waals surface area contributed by atoms with Gasteiger partial charge in [0.2, 0.25) is 17.8 Å². The van der Waals surface area contributed by atoms with Gasteiger partial charge in [-0.25, -0.2) is 4.39 Å². The fourth-order valence-electron chi connectivity index (χ4n) is 4.47. The maximum Gasteiger partial charge on any atom is 0.251 e. The van der Waals surface area contributed by atoms with Crippen molar-refractivity contribution in [3.63, 3.8) is 0 Å². The Bertz CT molecular complexity index is 1880. The molecule has 1 amide bonds. The lowest BCUT2D eigenvalue weighted by molar-refractivity contribution is 0.0951. The first-order valence-corrected chi connectivity index (χ1v) is 15.1. The molecule has 0 aliphatic carbocycles. The summed E-state index contributed by atoms with van der Waals surface area (Å²) in [5, 5.41) is 25.4. The van der Waals surface area contributed by atoms with Crippen molar-refractivity contribution in [2.75, 3.05) is 22.5 Å². The molecule has 0 aliphatic heterocycles. The number of nitrogens with one attached hydrogen (secondary N) is 5. The van der Waals surface area contributed by atoms with E-state index < -0.39 is 0 Å². The SMILES string of the molecule is C=C/C=C(\C=C)CNCc1ccc(Nc2nc(Nc3ccc(O)cc3)nc(Nc3ccc(C(=O)NCc4ccc(F)cc4)cc3)n2)cc1. The summed E-state index contributed by atoms with van der Waals surface area (Å²) in [5.74, 6) is 0.373. The van der Waals surface area contributed by atoms with Crippen LogP contribution in [0.1, 0.15) is 21.5 Å². The number of anilines is 6.